The summed E-state index contributed by atoms with van der Waals surface area (Å²) in [6, 6.07) is 8.06. The molecule has 0 aromatic heterocycles. The van der Waals surface area contributed by atoms with Crippen molar-refractivity contribution in [2.24, 2.45) is 0 Å². The van der Waals surface area contributed by atoms with Gasteiger partial charge in [0, 0.05) is 0 Å². The van der Waals surface area contributed by atoms with Gasteiger partial charge in [-0.2, -0.15) is 0 Å². The number of carboxylic acids is 1. The first kappa shape index (κ1) is 14.8. The third kappa shape index (κ3) is 5.56. The molecule has 0 aliphatic heterocycles. The number of hydrogen-bond acceptors (Lipinski definition) is 2. The van der Waals surface area contributed by atoms with Gasteiger partial charge in [-0.05, 0) is 5.56 Å². The molecule has 0 bridgehead atoms. The van der Waals surface area contributed by atoms with E-state index in [0.717, 1.165) is 0 Å². The molecule has 1 rings (SSSR count). The van der Waals surface area contributed by atoms with E-state index >= 15 is 0 Å². The Hall–Kier alpha value is 1.34. The normalized spacial score (nSPS) is 7.27. The van der Waals surface area contributed by atoms with Crippen molar-refractivity contribution in [2.45, 2.75) is 0 Å². The van der Waals surface area contributed by atoms with E-state index < -0.39 is 5.97 Å². The van der Waals surface area contributed by atoms with Gasteiger partial charge >= 0.3 is 87.8 Å². The van der Waals surface area contributed by atoms with Gasteiger partial charge in [-0.25, -0.2) is 0 Å². The smallest absolute Gasteiger partial charge is 1.00 e. The van der Waals surface area contributed by atoms with E-state index in [2.05, 4.69) is 0 Å². The Morgan fingerprint density at radius 3 is 1.91 bits per heavy atom. The van der Waals surface area contributed by atoms with Crippen LogP contribution in [0, 0.1) is 0 Å². The zero-order valence-corrected chi connectivity index (χ0v) is 5.70. The molecule has 0 spiro atoms. The van der Waals surface area contributed by atoms with Crippen molar-refractivity contribution in [3.8, 4) is 0 Å². The number of hydrogen-bond donors (Lipinski definition) is 0. The fourth-order valence-electron chi connectivity index (χ4n) is 0.574. The molecule has 4 heteroatoms. The van der Waals surface area contributed by atoms with Crippen LogP contribution in [0.3, 0.4) is 0 Å². The number of aromatic carboxylic acids is 1. The summed E-state index contributed by atoms with van der Waals surface area (Å²) < 4.78 is 0. The molecule has 0 aliphatic rings. The predicted octanol–water partition coefficient (Wildman–Crippen LogP) is -3.59. The van der Waals surface area contributed by atoms with Crippen LogP contribution < -0.4 is 24.0 Å². The molecule has 1 aromatic carbocycles. The minimum atomic E-state index is -1.13. The second kappa shape index (κ2) is 7.96. The summed E-state index contributed by atoms with van der Waals surface area (Å²) >= 11 is 0. The van der Waals surface area contributed by atoms with Crippen LogP contribution in [0.5, 0.6) is 0 Å². The molecule has 0 unspecified atom stereocenters. The number of carbonyl (C=O) groups is 1. The Kier molecular flexibility index (Phi) is 10.7. The van der Waals surface area contributed by atoms with Gasteiger partial charge in [0.05, 0.1) is 5.97 Å². The van der Waals surface area contributed by atoms with Crippen LogP contribution >= 0.6 is 0 Å². The minimum absolute atomic E-state index is 0. The largest absolute Gasteiger partial charge is 1.00 e. The Morgan fingerprint density at radius 1 is 1.18 bits per heavy atom. The van der Waals surface area contributed by atoms with Crippen molar-refractivity contribution in [1.29, 1.82) is 0 Å². The van der Waals surface area contributed by atoms with Crippen LogP contribution in [0.1, 0.15) is 10.4 Å². The Labute approximate surface area is 136 Å². The van der Waals surface area contributed by atoms with E-state index in [1.54, 1.807) is 18.2 Å². The van der Waals surface area contributed by atoms with Crippen molar-refractivity contribution in [2.75, 3.05) is 0 Å². The first-order valence-corrected chi connectivity index (χ1v) is 2.57. The summed E-state index contributed by atoms with van der Waals surface area (Å²) in [5, 5.41) is 10.1. The summed E-state index contributed by atoms with van der Waals surface area (Å²) in [6.45, 7) is 0. The second-order valence-corrected chi connectivity index (χ2v) is 1.65. The molecule has 2 nitrogen and oxygen atoms in total. The summed E-state index contributed by atoms with van der Waals surface area (Å²) in [5.74, 6) is -1.13. The van der Waals surface area contributed by atoms with Crippen LogP contribution in [0.15, 0.2) is 30.3 Å². The van der Waals surface area contributed by atoms with E-state index in [9.17, 15) is 9.90 Å². The molecule has 0 saturated carbocycles. The van der Waals surface area contributed by atoms with Crippen molar-refractivity contribution >= 4 is 74.9 Å². The van der Waals surface area contributed by atoms with Gasteiger partial charge in [0.15, 0.2) is 0 Å². The van der Waals surface area contributed by atoms with Crippen molar-refractivity contribution < 1.29 is 28.8 Å². The van der Waals surface area contributed by atoms with Gasteiger partial charge in [0.2, 0.25) is 0 Å². The van der Waals surface area contributed by atoms with E-state index in [-0.39, 0.29) is 93.3 Å². The molecule has 0 fully saturated rings. The topological polar surface area (TPSA) is 40.1 Å². The molecule has 0 saturated heterocycles. The molecule has 0 heterocycles. The average Bonchev–Trinajstić information content (AvgIpc) is 1.90. The fraction of sp³-hybridized carbons (Fsp3) is 0. The molecule has 0 aliphatic carbocycles. The van der Waals surface area contributed by atoms with E-state index in [1.165, 1.54) is 12.1 Å². The van der Waals surface area contributed by atoms with Crippen molar-refractivity contribution in [1.82, 2.24) is 0 Å². The number of benzene rings is 1. The summed E-state index contributed by atoms with van der Waals surface area (Å²) in [4.78, 5) is 10.1. The van der Waals surface area contributed by atoms with Gasteiger partial charge in [-0.3, -0.25) is 0 Å². The monoisotopic (exact) mass is 262 g/mol. The zero-order chi connectivity index (χ0) is 6.69. The molecule has 0 radical (unpaired) electrons. The van der Waals surface area contributed by atoms with E-state index in [4.69, 9.17) is 0 Å². The first-order valence-electron chi connectivity index (χ1n) is 2.57. The minimum Gasteiger partial charge on any atom is 1.00 e. The van der Waals surface area contributed by atoms with E-state index in [0.29, 0.717) is 0 Å². The molecular weight excluding hydrogens is 256 g/mol. The van der Waals surface area contributed by atoms with Gasteiger partial charge in [-0.1, -0.05) is 30.3 Å². The Morgan fingerprint density at radius 2 is 1.64 bits per heavy atom. The SMILES string of the molecule is O=C([O-])c1ccccc1.[CsH].[Li+]. The van der Waals surface area contributed by atoms with Crippen LogP contribution in [-0.4, -0.2) is 74.9 Å². The third-order valence-corrected chi connectivity index (χ3v) is 1.01. The van der Waals surface area contributed by atoms with Crippen LogP contribution in [0.2, 0.25) is 0 Å². The molecular formula is C7H6CsLiO2. The number of rotatable bonds is 1. The predicted molar refractivity (Wildman–Crippen MR) is 37.9 cm³/mol. The third-order valence-electron chi connectivity index (χ3n) is 1.01. The number of carboxylic acid groups (broad SMARTS) is 1. The molecule has 48 valence electrons. The van der Waals surface area contributed by atoms with Gasteiger partial charge in [0.1, 0.15) is 0 Å². The van der Waals surface area contributed by atoms with Gasteiger partial charge in [0.25, 0.3) is 0 Å². The summed E-state index contributed by atoms with van der Waals surface area (Å²) in [6.07, 6.45) is 0. The fourth-order valence-corrected chi connectivity index (χ4v) is 0.574. The average molecular weight is 262 g/mol. The van der Waals surface area contributed by atoms with Crippen molar-refractivity contribution in [3.63, 3.8) is 0 Å². The molecule has 0 amide bonds. The number of carbonyl (C=O) groups excluding carboxylic acids is 1. The van der Waals surface area contributed by atoms with E-state index in [1.807, 2.05) is 0 Å². The Balaban J connectivity index is 0. The standard InChI is InChI=1S/C7H6O2.Cs.Li.H/c8-7(9)6-4-2-1-3-5-6;;;/h1-5H,(H,8,9);;;/q;;+1;/p-1. The molecule has 11 heavy (non-hydrogen) atoms. The zero-order valence-electron chi connectivity index (χ0n) is 5.70. The summed E-state index contributed by atoms with van der Waals surface area (Å²) in [7, 11) is 0. The maximum Gasteiger partial charge on any atom is 1.00 e. The Bertz CT molecular complexity index is 213. The maximum atomic E-state index is 10.1. The molecule has 1 aromatic rings. The van der Waals surface area contributed by atoms with Crippen LogP contribution in [-0.2, 0) is 0 Å². The maximum absolute atomic E-state index is 10.1. The summed E-state index contributed by atoms with van der Waals surface area (Å²) in [5.41, 5.74) is 0.220. The second-order valence-electron chi connectivity index (χ2n) is 1.65. The van der Waals surface area contributed by atoms with Crippen LogP contribution in [0.4, 0.5) is 0 Å². The quantitative estimate of drug-likeness (QED) is 0.491. The van der Waals surface area contributed by atoms with Gasteiger partial charge in [-0.15, -0.1) is 0 Å². The first-order chi connectivity index (χ1) is 4.30. The molecule has 0 N–H and O–H groups in total. The van der Waals surface area contributed by atoms with Gasteiger partial charge < -0.3 is 9.90 Å². The van der Waals surface area contributed by atoms with Crippen molar-refractivity contribution in [3.05, 3.63) is 35.9 Å². The molecule has 0 atom stereocenters. The van der Waals surface area contributed by atoms with Crippen LogP contribution in [0.25, 0.3) is 0 Å².